The fraction of sp³-hybridized carbons (Fsp3) is 0.476. The molecule has 0 aliphatic carbocycles. The van der Waals surface area contributed by atoms with Gasteiger partial charge >= 0.3 is 0 Å². The van der Waals surface area contributed by atoms with E-state index >= 15 is 0 Å². The summed E-state index contributed by atoms with van der Waals surface area (Å²) in [5.41, 5.74) is 2.19. The standard InChI is InChI=1S/C21H29N3O3/c1-25-19-12-21(27-3)20(26-2)11-16(19)13-23-18-8-6-10-24(15-18)14-17-7-4-5-9-22-17/h4-5,7,9,11-12,18,23H,6,8,10,13-15H2,1-3H3/t18-/m0/s1. The molecule has 0 bridgehead atoms. The molecule has 6 nitrogen and oxygen atoms in total. The Morgan fingerprint density at radius 1 is 1.07 bits per heavy atom. The van der Waals surface area contributed by atoms with Crippen molar-refractivity contribution in [2.45, 2.75) is 32.0 Å². The summed E-state index contributed by atoms with van der Waals surface area (Å²) in [6, 6.07) is 10.4. The molecule has 1 saturated heterocycles. The van der Waals surface area contributed by atoms with Crippen molar-refractivity contribution in [3.05, 3.63) is 47.8 Å². The minimum Gasteiger partial charge on any atom is -0.496 e. The molecule has 146 valence electrons. The molecule has 2 heterocycles. The van der Waals surface area contributed by atoms with E-state index in [2.05, 4.69) is 21.3 Å². The highest BCUT2D eigenvalue weighted by atomic mass is 16.5. The van der Waals surface area contributed by atoms with E-state index in [-0.39, 0.29) is 0 Å². The highest BCUT2D eigenvalue weighted by Gasteiger charge is 2.21. The summed E-state index contributed by atoms with van der Waals surface area (Å²) in [5.74, 6) is 2.20. The zero-order chi connectivity index (χ0) is 19.1. The molecule has 27 heavy (non-hydrogen) atoms. The van der Waals surface area contributed by atoms with E-state index < -0.39 is 0 Å². The van der Waals surface area contributed by atoms with E-state index in [9.17, 15) is 0 Å². The van der Waals surface area contributed by atoms with Crippen LogP contribution in [0.4, 0.5) is 0 Å². The minimum atomic E-state index is 0.445. The maximum atomic E-state index is 5.53. The number of benzene rings is 1. The van der Waals surface area contributed by atoms with Gasteiger partial charge in [-0.3, -0.25) is 9.88 Å². The average molecular weight is 371 g/mol. The molecule has 6 heteroatoms. The number of aromatic nitrogens is 1. The van der Waals surface area contributed by atoms with Crippen molar-refractivity contribution in [2.24, 2.45) is 0 Å². The highest BCUT2D eigenvalue weighted by Crippen LogP contribution is 2.34. The van der Waals surface area contributed by atoms with Crippen molar-refractivity contribution in [1.82, 2.24) is 15.2 Å². The number of pyridine rings is 1. The fourth-order valence-corrected chi connectivity index (χ4v) is 3.57. The normalized spacial score (nSPS) is 17.5. The quantitative estimate of drug-likeness (QED) is 0.770. The van der Waals surface area contributed by atoms with Crippen molar-refractivity contribution in [2.75, 3.05) is 34.4 Å². The Morgan fingerprint density at radius 2 is 1.85 bits per heavy atom. The first-order valence-corrected chi connectivity index (χ1v) is 9.38. The lowest BCUT2D eigenvalue weighted by Crippen LogP contribution is -2.45. The predicted octanol–water partition coefficient (Wildman–Crippen LogP) is 2.86. The van der Waals surface area contributed by atoms with Crippen LogP contribution in [0.5, 0.6) is 17.2 Å². The van der Waals surface area contributed by atoms with Crippen molar-refractivity contribution in [1.29, 1.82) is 0 Å². The van der Waals surface area contributed by atoms with Gasteiger partial charge in [0.15, 0.2) is 11.5 Å². The van der Waals surface area contributed by atoms with Crippen LogP contribution in [0.25, 0.3) is 0 Å². The monoisotopic (exact) mass is 371 g/mol. The third-order valence-electron chi connectivity index (χ3n) is 4.99. The number of nitrogens with zero attached hydrogens (tertiary/aromatic N) is 2. The zero-order valence-electron chi connectivity index (χ0n) is 16.4. The van der Waals surface area contributed by atoms with Crippen LogP contribution in [0.2, 0.25) is 0 Å². The summed E-state index contributed by atoms with van der Waals surface area (Å²) < 4.78 is 16.3. The predicted molar refractivity (Wildman–Crippen MR) is 105 cm³/mol. The molecule has 2 aromatic rings. The Bertz CT molecular complexity index is 724. The SMILES string of the molecule is COc1cc(OC)c(OC)cc1CN[C@H]1CCCN(Cc2ccccn2)C1. The summed E-state index contributed by atoms with van der Waals surface area (Å²) in [6.07, 6.45) is 4.22. The van der Waals surface area contributed by atoms with Gasteiger partial charge in [0, 0.05) is 43.5 Å². The van der Waals surface area contributed by atoms with Gasteiger partial charge in [0.2, 0.25) is 0 Å². The molecule has 0 spiro atoms. The molecule has 1 N–H and O–H groups in total. The maximum Gasteiger partial charge on any atom is 0.164 e. The Balaban J connectivity index is 1.60. The Labute approximate surface area is 161 Å². The van der Waals surface area contributed by atoms with Gasteiger partial charge in [-0.25, -0.2) is 0 Å². The molecule has 0 unspecified atom stereocenters. The lowest BCUT2D eigenvalue weighted by atomic mass is 10.0. The largest absolute Gasteiger partial charge is 0.496 e. The third kappa shape index (κ3) is 5.11. The molecule has 0 amide bonds. The van der Waals surface area contributed by atoms with Gasteiger partial charge in [0.1, 0.15) is 5.75 Å². The van der Waals surface area contributed by atoms with Gasteiger partial charge in [-0.2, -0.15) is 0 Å². The van der Waals surface area contributed by atoms with Crippen molar-refractivity contribution >= 4 is 0 Å². The second-order valence-corrected chi connectivity index (χ2v) is 6.80. The molecule has 1 aliphatic rings. The highest BCUT2D eigenvalue weighted by molar-refractivity contribution is 5.50. The van der Waals surface area contributed by atoms with Crippen LogP contribution in [0, 0.1) is 0 Å². The topological polar surface area (TPSA) is 55.9 Å². The van der Waals surface area contributed by atoms with Crippen LogP contribution in [0.1, 0.15) is 24.1 Å². The number of methoxy groups -OCH3 is 3. The van der Waals surface area contributed by atoms with E-state index in [4.69, 9.17) is 14.2 Å². The number of ether oxygens (including phenoxy) is 3. The van der Waals surface area contributed by atoms with Gasteiger partial charge in [-0.05, 0) is 37.6 Å². The van der Waals surface area contributed by atoms with Crippen molar-refractivity contribution in [3.63, 3.8) is 0 Å². The first-order chi connectivity index (χ1) is 13.2. The molecule has 1 aromatic carbocycles. The molecule has 1 aliphatic heterocycles. The molecule has 3 rings (SSSR count). The Morgan fingerprint density at radius 3 is 2.56 bits per heavy atom. The van der Waals surface area contributed by atoms with Crippen LogP contribution >= 0.6 is 0 Å². The van der Waals surface area contributed by atoms with Gasteiger partial charge in [0.05, 0.1) is 27.0 Å². The van der Waals surface area contributed by atoms with Crippen LogP contribution in [0.3, 0.4) is 0 Å². The lowest BCUT2D eigenvalue weighted by Gasteiger charge is -2.33. The number of nitrogens with one attached hydrogen (secondary N) is 1. The molecule has 0 saturated carbocycles. The molecule has 1 atom stereocenters. The second kappa shape index (κ2) is 9.58. The van der Waals surface area contributed by atoms with E-state index in [0.717, 1.165) is 48.9 Å². The molecule has 1 aromatic heterocycles. The Hall–Kier alpha value is -2.31. The zero-order valence-corrected chi connectivity index (χ0v) is 16.4. The minimum absolute atomic E-state index is 0.445. The van der Waals surface area contributed by atoms with Crippen LogP contribution in [0.15, 0.2) is 36.5 Å². The molecule has 1 fully saturated rings. The summed E-state index contributed by atoms with van der Waals surface area (Å²) in [6.45, 7) is 3.77. The van der Waals surface area contributed by atoms with E-state index in [1.165, 1.54) is 12.8 Å². The van der Waals surface area contributed by atoms with E-state index in [0.29, 0.717) is 11.8 Å². The first-order valence-electron chi connectivity index (χ1n) is 9.38. The lowest BCUT2D eigenvalue weighted by molar-refractivity contribution is 0.180. The number of rotatable bonds is 8. The van der Waals surface area contributed by atoms with Crippen LogP contribution in [-0.2, 0) is 13.1 Å². The number of hydrogen-bond donors (Lipinski definition) is 1. The average Bonchev–Trinajstić information content (AvgIpc) is 2.72. The van der Waals surface area contributed by atoms with E-state index in [1.807, 2.05) is 30.5 Å². The van der Waals surface area contributed by atoms with Crippen LogP contribution in [-0.4, -0.2) is 50.3 Å². The number of likely N-dealkylation sites (tertiary alicyclic amines) is 1. The number of piperidine rings is 1. The van der Waals surface area contributed by atoms with Crippen molar-refractivity contribution in [3.8, 4) is 17.2 Å². The fourth-order valence-electron chi connectivity index (χ4n) is 3.57. The van der Waals surface area contributed by atoms with Gasteiger partial charge in [0.25, 0.3) is 0 Å². The van der Waals surface area contributed by atoms with Gasteiger partial charge in [-0.1, -0.05) is 6.07 Å². The first kappa shape index (κ1) is 19.5. The molecular formula is C21H29N3O3. The summed E-state index contributed by atoms with van der Waals surface area (Å²) in [5, 5.41) is 3.68. The van der Waals surface area contributed by atoms with Gasteiger partial charge < -0.3 is 19.5 Å². The summed E-state index contributed by atoms with van der Waals surface area (Å²) in [4.78, 5) is 6.91. The molecule has 0 radical (unpaired) electrons. The second-order valence-electron chi connectivity index (χ2n) is 6.80. The number of hydrogen-bond acceptors (Lipinski definition) is 6. The van der Waals surface area contributed by atoms with E-state index in [1.54, 1.807) is 21.3 Å². The molecular weight excluding hydrogens is 342 g/mol. The van der Waals surface area contributed by atoms with Crippen molar-refractivity contribution < 1.29 is 14.2 Å². The Kier molecular flexibility index (Phi) is 6.90. The third-order valence-corrected chi connectivity index (χ3v) is 4.99. The van der Waals surface area contributed by atoms with Gasteiger partial charge in [-0.15, -0.1) is 0 Å². The maximum absolute atomic E-state index is 5.53. The van der Waals surface area contributed by atoms with Crippen LogP contribution < -0.4 is 19.5 Å². The smallest absolute Gasteiger partial charge is 0.164 e. The summed E-state index contributed by atoms with van der Waals surface area (Å²) in [7, 11) is 4.96. The summed E-state index contributed by atoms with van der Waals surface area (Å²) >= 11 is 0.